The first-order chi connectivity index (χ1) is 6.44. The van der Waals surface area contributed by atoms with Crippen LogP contribution in [0.4, 0.5) is 8.78 Å². The van der Waals surface area contributed by atoms with Crippen LogP contribution in [-0.2, 0) is 6.42 Å². The van der Waals surface area contributed by atoms with Gasteiger partial charge < -0.3 is 5.73 Å². The average Bonchev–Trinajstić information content (AvgIpc) is 2.11. The molecule has 0 atom stereocenters. The summed E-state index contributed by atoms with van der Waals surface area (Å²) in [5, 5.41) is 0.191. The van der Waals surface area contributed by atoms with Gasteiger partial charge in [-0.3, -0.25) is 0 Å². The van der Waals surface area contributed by atoms with E-state index < -0.39 is 18.9 Å². The summed E-state index contributed by atoms with van der Waals surface area (Å²) in [4.78, 5) is 3.74. The van der Waals surface area contributed by atoms with E-state index in [9.17, 15) is 8.78 Å². The van der Waals surface area contributed by atoms with Gasteiger partial charge in [-0.15, -0.1) is 0 Å². The Morgan fingerprint density at radius 3 is 2.79 bits per heavy atom. The minimum absolute atomic E-state index is 0.191. The second kappa shape index (κ2) is 4.51. The smallest absolute Gasteiger partial charge is 0.264 e. The van der Waals surface area contributed by atoms with Crippen LogP contribution in [0.1, 0.15) is 5.56 Å². The van der Waals surface area contributed by atoms with Gasteiger partial charge in [0.1, 0.15) is 5.15 Å². The zero-order valence-electron chi connectivity index (χ0n) is 7.11. The van der Waals surface area contributed by atoms with Crippen molar-refractivity contribution >= 4 is 27.5 Å². The molecule has 0 radical (unpaired) electrons. The molecule has 0 saturated carbocycles. The molecule has 2 nitrogen and oxygen atoms in total. The quantitative estimate of drug-likeness (QED) is 0.867. The fourth-order valence-electron chi connectivity index (χ4n) is 0.938. The molecule has 2 N–H and O–H groups in total. The van der Waals surface area contributed by atoms with E-state index in [2.05, 4.69) is 20.9 Å². The maximum atomic E-state index is 12.9. The Hall–Kier alpha value is -0.260. The molecule has 0 amide bonds. The van der Waals surface area contributed by atoms with Crippen LogP contribution in [0.2, 0.25) is 5.15 Å². The molecule has 0 aliphatic heterocycles. The molecule has 1 aromatic rings. The third-order valence-corrected chi connectivity index (χ3v) is 2.57. The Bertz CT molecular complexity index is 333. The molecule has 0 bridgehead atoms. The molecule has 78 valence electrons. The summed E-state index contributed by atoms with van der Waals surface area (Å²) in [7, 11) is 0. The summed E-state index contributed by atoms with van der Waals surface area (Å²) in [5.41, 5.74) is 5.33. The highest BCUT2D eigenvalue weighted by molar-refractivity contribution is 9.10. The lowest BCUT2D eigenvalue weighted by Crippen LogP contribution is -2.30. The van der Waals surface area contributed by atoms with Gasteiger partial charge in [0.25, 0.3) is 5.92 Å². The first kappa shape index (κ1) is 11.8. The standard InChI is InChI=1S/C8H8BrClF2N2/c9-6-3-14-7(10)1-5(6)2-8(11,12)4-13/h1,3H,2,4,13H2. The van der Waals surface area contributed by atoms with Gasteiger partial charge in [-0.25, -0.2) is 13.8 Å². The molecule has 1 rings (SSSR count). The second-order valence-electron chi connectivity index (χ2n) is 2.84. The van der Waals surface area contributed by atoms with E-state index in [1.807, 2.05) is 0 Å². The molecule has 0 aliphatic carbocycles. The minimum atomic E-state index is -2.91. The zero-order valence-corrected chi connectivity index (χ0v) is 9.45. The third kappa shape index (κ3) is 3.15. The Morgan fingerprint density at radius 1 is 1.57 bits per heavy atom. The summed E-state index contributed by atoms with van der Waals surface area (Å²) in [5.74, 6) is -2.91. The molecule has 14 heavy (non-hydrogen) atoms. The lowest BCUT2D eigenvalue weighted by Gasteiger charge is -2.14. The number of hydrogen-bond acceptors (Lipinski definition) is 2. The number of alkyl halides is 2. The number of rotatable bonds is 3. The van der Waals surface area contributed by atoms with Crippen LogP contribution in [0.3, 0.4) is 0 Å². The number of hydrogen-bond donors (Lipinski definition) is 1. The van der Waals surface area contributed by atoms with Gasteiger partial charge in [-0.1, -0.05) is 11.6 Å². The van der Waals surface area contributed by atoms with Gasteiger partial charge in [0.05, 0.1) is 6.54 Å². The van der Waals surface area contributed by atoms with Crippen LogP contribution >= 0.6 is 27.5 Å². The lowest BCUT2D eigenvalue weighted by atomic mass is 10.1. The van der Waals surface area contributed by atoms with Gasteiger partial charge in [0, 0.05) is 17.1 Å². The Morgan fingerprint density at radius 2 is 2.21 bits per heavy atom. The molecule has 0 saturated heterocycles. The molecule has 0 aliphatic rings. The summed E-state index contributed by atoms with van der Waals surface area (Å²) in [6.45, 7) is -0.681. The van der Waals surface area contributed by atoms with Crippen LogP contribution in [-0.4, -0.2) is 17.5 Å². The summed E-state index contributed by atoms with van der Waals surface area (Å²) in [6, 6.07) is 1.40. The molecule has 0 unspecified atom stereocenters. The number of nitrogens with two attached hydrogens (primary N) is 1. The highest BCUT2D eigenvalue weighted by Gasteiger charge is 2.28. The third-order valence-electron chi connectivity index (χ3n) is 1.65. The summed E-state index contributed by atoms with van der Waals surface area (Å²) < 4.78 is 26.4. The van der Waals surface area contributed by atoms with Crippen molar-refractivity contribution in [1.82, 2.24) is 4.98 Å². The highest BCUT2D eigenvalue weighted by Crippen LogP contribution is 2.25. The lowest BCUT2D eigenvalue weighted by molar-refractivity contribution is 0.0113. The molecular weight excluding hydrogens is 277 g/mol. The van der Waals surface area contributed by atoms with Crippen LogP contribution in [0.15, 0.2) is 16.7 Å². The largest absolute Gasteiger partial charge is 0.325 e. The minimum Gasteiger partial charge on any atom is -0.325 e. The fourth-order valence-corrected chi connectivity index (χ4v) is 1.48. The molecule has 0 spiro atoms. The number of halogens is 4. The maximum Gasteiger partial charge on any atom is 0.264 e. The SMILES string of the molecule is NCC(F)(F)Cc1cc(Cl)ncc1Br. The van der Waals surface area contributed by atoms with Crippen LogP contribution < -0.4 is 5.73 Å². The second-order valence-corrected chi connectivity index (χ2v) is 4.08. The van der Waals surface area contributed by atoms with Gasteiger partial charge in [0.2, 0.25) is 0 Å². The van der Waals surface area contributed by atoms with Crippen LogP contribution in [0, 0.1) is 0 Å². The first-order valence-corrected chi connectivity index (χ1v) is 4.99. The van der Waals surface area contributed by atoms with Crippen molar-refractivity contribution in [2.24, 2.45) is 5.73 Å². The molecular formula is C8H8BrClF2N2. The van der Waals surface area contributed by atoms with Crippen molar-refractivity contribution < 1.29 is 8.78 Å². The van der Waals surface area contributed by atoms with Gasteiger partial charge in [-0.2, -0.15) is 0 Å². The zero-order chi connectivity index (χ0) is 10.8. The van der Waals surface area contributed by atoms with E-state index in [0.717, 1.165) is 0 Å². The Balaban J connectivity index is 2.91. The highest BCUT2D eigenvalue weighted by atomic mass is 79.9. The topological polar surface area (TPSA) is 38.9 Å². The molecule has 1 heterocycles. The van der Waals surface area contributed by atoms with Crippen molar-refractivity contribution in [3.8, 4) is 0 Å². The van der Waals surface area contributed by atoms with Crippen molar-refractivity contribution in [2.75, 3.05) is 6.54 Å². The molecule has 6 heteroatoms. The van der Waals surface area contributed by atoms with Gasteiger partial charge >= 0.3 is 0 Å². The molecule has 1 aromatic heterocycles. The summed E-state index contributed by atoms with van der Waals surface area (Å²) in [6.07, 6.45) is 0.955. The van der Waals surface area contributed by atoms with E-state index in [0.29, 0.717) is 10.0 Å². The fraction of sp³-hybridized carbons (Fsp3) is 0.375. The number of nitrogens with zero attached hydrogens (tertiary/aromatic N) is 1. The Labute approximate surface area is 93.6 Å². The Kier molecular flexibility index (Phi) is 3.80. The number of pyridine rings is 1. The van der Waals surface area contributed by atoms with E-state index in [1.54, 1.807) is 0 Å². The summed E-state index contributed by atoms with van der Waals surface area (Å²) >= 11 is 8.70. The molecule has 0 aromatic carbocycles. The van der Waals surface area contributed by atoms with Crippen molar-refractivity contribution in [3.05, 3.63) is 27.5 Å². The average molecular weight is 286 g/mol. The van der Waals surface area contributed by atoms with Gasteiger partial charge in [0.15, 0.2) is 0 Å². The van der Waals surface area contributed by atoms with E-state index in [-0.39, 0.29) is 5.15 Å². The predicted molar refractivity (Wildman–Crippen MR) is 54.7 cm³/mol. The maximum absolute atomic E-state index is 12.9. The van der Waals surface area contributed by atoms with Crippen molar-refractivity contribution in [3.63, 3.8) is 0 Å². The normalized spacial score (nSPS) is 11.8. The van der Waals surface area contributed by atoms with E-state index >= 15 is 0 Å². The van der Waals surface area contributed by atoms with E-state index in [1.165, 1.54) is 12.3 Å². The first-order valence-electron chi connectivity index (χ1n) is 3.82. The predicted octanol–water partition coefficient (Wildman–Crippen LogP) is 2.63. The van der Waals surface area contributed by atoms with Gasteiger partial charge in [-0.05, 0) is 27.6 Å². The number of aromatic nitrogens is 1. The molecule has 0 fully saturated rings. The van der Waals surface area contributed by atoms with Crippen molar-refractivity contribution in [2.45, 2.75) is 12.3 Å². The van der Waals surface area contributed by atoms with E-state index in [4.69, 9.17) is 17.3 Å². The van der Waals surface area contributed by atoms with Crippen LogP contribution in [0.25, 0.3) is 0 Å². The van der Waals surface area contributed by atoms with Crippen LogP contribution in [0.5, 0.6) is 0 Å². The van der Waals surface area contributed by atoms with Crippen molar-refractivity contribution in [1.29, 1.82) is 0 Å². The monoisotopic (exact) mass is 284 g/mol.